The Morgan fingerprint density at radius 2 is 1.74 bits per heavy atom. The van der Waals surface area contributed by atoms with Crippen LogP contribution in [0.3, 0.4) is 0 Å². The number of nitrogens with zero attached hydrogens (tertiary/aromatic N) is 1. The SMILES string of the molecule is CC(=O)N1CCc2cc(S(=O)(=O)NC(Cc3ccccc3)C(=O)Nc3cccc(C)c3C)ccc21. The Kier molecular flexibility index (Phi) is 7.05. The molecule has 4 rings (SSSR count). The number of hydrogen-bond donors (Lipinski definition) is 2. The molecule has 35 heavy (non-hydrogen) atoms. The fourth-order valence-corrected chi connectivity index (χ4v) is 5.52. The van der Waals surface area contributed by atoms with Gasteiger partial charge >= 0.3 is 0 Å². The molecule has 0 radical (unpaired) electrons. The minimum Gasteiger partial charge on any atom is -0.324 e. The number of hydrogen-bond acceptors (Lipinski definition) is 4. The van der Waals surface area contributed by atoms with Crippen LogP contribution in [0.5, 0.6) is 0 Å². The van der Waals surface area contributed by atoms with Crippen molar-refractivity contribution in [3.05, 3.63) is 89.0 Å². The quantitative estimate of drug-likeness (QED) is 0.526. The van der Waals surface area contributed by atoms with E-state index in [1.54, 1.807) is 23.1 Å². The van der Waals surface area contributed by atoms with E-state index in [0.717, 1.165) is 27.9 Å². The number of nitrogens with one attached hydrogen (secondary N) is 2. The lowest BCUT2D eigenvalue weighted by Gasteiger charge is -2.20. The van der Waals surface area contributed by atoms with E-state index in [9.17, 15) is 18.0 Å². The second-order valence-corrected chi connectivity index (χ2v) is 10.5. The van der Waals surface area contributed by atoms with Crippen molar-refractivity contribution in [2.24, 2.45) is 0 Å². The third kappa shape index (κ3) is 5.44. The van der Waals surface area contributed by atoms with E-state index >= 15 is 0 Å². The normalized spacial score (nSPS) is 13.9. The van der Waals surface area contributed by atoms with Crippen LogP contribution in [0.2, 0.25) is 0 Å². The number of benzene rings is 3. The van der Waals surface area contributed by atoms with Gasteiger partial charge < -0.3 is 10.2 Å². The molecule has 3 aromatic rings. The first-order valence-electron chi connectivity index (χ1n) is 11.5. The molecule has 2 N–H and O–H groups in total. The minimum absolute atomic E-state index is 0.0687. The van der Waals surface area contributed by atoms with Crippen molar-refractivity contribution in [1.82, 2.24) is 4.72 Å². The maximum absolute atomic E-state index is 13.4. The first kappa shape index (κ1) is 24.6. The van der Waals surface area contributed by atoms with Gasteiger partial charge in [-0.05, 0) is 73.2 Å². The number of sulfonamides is 1. The van der Waals surface area contributed by atoms with Gasteiger partial charge in [0.2, 0.25) is 21.8 Å². The molecule has 0 aromatic heterocycles. The van der Waals surface area contributed by atoms with E-state index < -0.39 is 22.0 Å². The molecular weight excluding hydrogens is 462 g/mol. The van der Waals surface area contributed by atoms with E-state index in [2.05, 4.69) is 10.0 Å². The molecule has 0 saturated carbocycles. The molecule has 182 valence electrons. The topological polar surface area (TPSA) is 95.6 Å². The van der Waals surface area contributed by atoms with E-state index in [1.807, 2.05) is 56.3 Å². The zero-order valence-electron chi connectivity index (χ0n) is 20.0. The Balaban J connectivity index is 1.61. The molecule has 1 aliphatic rings. The second kappa shape index (κ2) is 10.0. The van der Waals surface area contributed by atoms with E-state index in [0.29, 0.717) is 18.7 Å². The van der Waals surface area contributed by atoms with Crippen molar-refractivity contribution in [1.29, 1.82) is 0 Å². The Morgan fingerprint density at radius 3 is 2.46 bits per heavy atom. The lowest BCUT2D eigenvalue weighted by molar-refractivity contribution is -0.118. The average molecular weight is 492 g/mol. The summed E-state index contributed by atoms with van der Waals surface area (Å²) in [7, 11) is -4.01. The molecule has 0 spiro atoms. The highest BCUT2D eigenvalue weighted by Gasteiger charge is 2.29. The molecule has 0 bridgehead atoms. The molecule has 7 nitrogen and oxygen atoms in total. The standard InChI is InChI=1S/C27H29N3O4S/c1-18-8-7-11-24(19(18)2)28-27(32)25(16-21-9-5-4-6-10-21)29-35(33,34)23-12-13-26-22(17-23)14-15-30(26)20(3)31/h4-13,17,25,29H,14-16H2,1-3H3,(H,28,32). The highest BCUT2D eigenvalue weighted by Crippen LogP contribution is 2.30. The molecule has 1 atom stereocenters. The van der Waals surface area contributed by atoms with Crippen LogP contribution in [0, 0.1) is 13.8 Å². The smallest absolute Gasteiger partial charge is 0.242 e. The third-order valence-electron chi connectivity index (χ3n) is 6.40. The van der Waals surface area contributed by atoms with Crippen molar-refractivity contribution < 1.29 is 18.0 Å². The van der Waals surface area contributed by atoms with Crippen molar-refractivity contribution in [2.45, 2.75) is 44.6 Å². The lowest BCUT2D eigenvalue weighted by atomic mass is 10.0. The molecule has 2 amide bonds. The predicted molar refractivity (Wildman–Crippen MR) is 137 cm³/mol. The maximum Gasteiger partial charge on any atom is 0.242 e. The molecule has 1 unspecified atom stereocenters. The number of carbonyl (C=O) groups excluding carboxylic acids is 2. The molecule has 1 aliphatic heterocycles. The van der Waals surface area contributed by atoms with Crippen molar-refractivity contribution >= 4 is 33.2 Å². The zero-order chi connectivity index (χ0) is 25.2. The van der Waals surface area contributed by atoms with E-state index in [-0.39, 0.29) is 17.2 Å². The van der Waals surface area contributed by atoms with Gasteiger partial charge in [-0.15, -0.1) is 0 Å². The Morgan fingerprint density at radius 1 is 1.00 bits per heavy atom. The number of anilines is 2. The molecule has 0 saturated heterocycles. The van der Waals surface area contributed by atoms with Gasteiger partial charge in [0, 0.05) is 24.8 Å². The van der Waals surface area contributed by atoms with Gasteiger partial charge in [0.15, 0.2) is 0 Å². The van der Waals surface area contributed by atoms with Crippen LogP contribution in [-0.2, 0) is 32.5 Å². The summed E-state index contributed by atoms with van der Waals surface area (Å²) < 4.78 is 29.3. The van der Waals surface area contributed by atoms with Crippen LogP contribution in [0.15, 0.2) is 71.6 Å². The van der Waals surface area contributed by atoms with Gasteiger partial charge in [-0.1, -0.05) is 42.5 Å². The van der Waals surface area contributed by atoms with Crippen LogP contribution in [0.25, 0.3) is 0 Å². The number of amides is 2. The molecule has 0 fully saturated rings. The van der Waals surface area contributed by atoms with Crippen LogP contribution < -0.4 is 14.9 Å². The van der Waals surface area contributed by atoms with Crippen molar-refractivity contribution in [2.75, 3.05) is 16.8 Å². The second-order valence-electron chi connectivity index (χ2n) is 8.81. The highest BCUT2D eigenvalue weighted by molar-refractivity contribution is 7.89. The number of rotatable bonds is 7. The molecule has 1 heterocycles. The summed E-state index contributed by atoms with van der Waals surface area (Å²) in [5.74, 6) is -0.515. The Labute approximate surface area is 206 Å². The van der Waals surface area contributed by atoms with E-state index in [1.165, 1.54) is 13.0 Å². The maximum atomic E-state index is 13.4. The predicted octanol–water partition coefficient (Wildman–Crippen LogP) is 3.74. The summed E-state index contributed by atoms with van der Waals surface area (Å²) >= 11 is 0. The number of aryl methyl sites for hydroxylation is 1. The van der Waals surface area contributed by atoms with Crippen LogP contribution in [-0.4, -0.2) is 32.8 Å². The monoisotopic (exact) mass is 491 g/mol. The van der Waals surface area contributed by atoms with Gasteiger partial charge in [0.25, 0.3) is 0 Å². The zero-order valence-corrected chi connectivity index (χ0v) is 20.9. The van der Waals surface area contributed by atoms with Crippen LogP contribution >= 0.6 is 0 Å². The lowest BCUT2D eigenvalue weighted by Crippen LogP contribution is -2.45. The van der Waals surface area contributed by atoms with Crippen molar-refractivity contribution in [3.8, 4) is 0 Å². The first-order chi connectivity index (χ1) is 16.7. The summed E-state index contributed by atoms with van der Waals surface area (Å²) in [5, 5.41) is 2.90. The van der Waals surface area contributed by atoms with Gasteiger partial charge in [0.05, 0.1) is 4.90 Å². The average Bonchev–Trinajstić information content (AvgIpc) is 3.26. The van der Waals surface area contributed by atoms with Gasteiger partial charge in [0.1, 0.15) is 6.04 Å². The summed E-state index contributed by atoms with van der Waals surface area (Å²) in [5.41, 5.74) is 4.96. The van der Waals surface area contributed by atoms with Gasteiger partial charge in [-0.2, -0.15) is 4.72 Å². The highest BCUT2D eigenvalue weighted by atomic mass is 32.2. The first-order valence-corrected chi connectivity index (χ1v) is 13.0. The summed E-state index contributed by atoms with van der Waals surface area (Å²) in [6.45, 7) is 5.88. The molecule has 3 aromatic carbocycles. The molecular formula is C27H29N3O4S. The summed E-state index contributed by atoms with van der Waals surface area (Å²) in [6.07, 6.45) is 0.776. The van der Waals surface area contributed by atoms with Gasteiger partial charge in [-0.3, -0.25) is 9.59 Å². The third-order valence-corrected chi connectivity index (χ3v) is 7.87. The summed E-state index contributed by atoms with van der Waals surface area (Å²) in [6, 6.07) is 18.6. The summed E-state index contributed by atoms with van der Waals surface area (Å²) in [4.78, 5) is 26.8. The Hall–Kier alpha value is -3.49. The van der Waals surface area contributed by atoms with Crippen molar-refractivity contribution in [3.63, 3.8) is 0 Å². The van der Waals surface area contributed by atoms with Crippen LogP contribution in [0.4, 0.5) is 11.4 Å². The Bertz CT molecular complexity index is 1370. The van der Waals surface area contributed by atoms with Crippen LogP contribution in [0.1, 0.15) is 29.2 Å². The van der Waals surface area contributed by atoms with E-state index in [4.69, 9.17) is 0 Å². The molecule has 8 heteroatoms. The van der Waals surface area contributed by atoms with Gasteiger partial charge in [-0.25, -0.2) is 8.42 Å². The fourth-order valence-electron chi connectivity index (χ4n) is 4.27. The minimum atomic E-state index is -4.01. The largest absolute Gasteiger partial charge is 0.324 e. The number of carbonyl (C=O) groups is 2. The number of fused-ring (bicyclic) bond motifs is 1. The molecule has 0 aliphatic carbocycles. The fraction of sp³-hybridized carbons (Fsp3) is 0.259.